The molecule has 0 unspecified atom stereocenters. The number of carbonyl (C=O) groups is 2. The molecule has 0 N–H and O–H groups in total. The van der Waals surface area contributed by atoms with Crippen molar-refractivity contribution in [3.63, 3.8) is 0 Å². The lowest BCUT2D eigenvalue weighted by atomic mass is 10.0. The van der Waals surface area contributed by atoms with Crippen molar-refractivity contribution in [3.05, 3.63) is 60.2 Å². The van der Waals surface area contributed by atoms with Crippen molar-refractivity contribution < 1.29 is 19.1 Å². The molecule has 0 aliphatic carbocycles. The van der Waals surface area contributed by atoms with Crippen LogP contribution in [0.25, 0.3) is 0 Å². The number of ether oxygens (including phenoxy) is 2. The summed E-state index contributed by atoms with van der Waals surface area (Å²) in [7, 11) is 1.28. The maximum absolute atomic E-state index is 12.3. The molecule has 0 aliphatic heterocycles. The van der Waals surface area contributed by atoms with Crippen LogP contribution in [0, 0.1) is 5.92 Å². The van der Waals surface area contributed by atoms with Crippen LogP contribution >= 0.6 is 0 Å². The predicted molar refractivity (Wildman–Crippen MR) is 94.3 cm³/mol. The van der Waals surface area contributed by atoms with E-state index in [9.17, 15) is 9.59 Å². The molecule has 4 nitrogen and oxygen atoms in total. The number of carbonyl (C=O) groups excluding carboxylic acids is 2. The SMILES string of the molecule is C=CCC/C=C(\C)C[C@@H](C)C(=O)O[C@H](C(=O)OC)c1ccccc1. The van der Waals surface area contributed by atoms with Gasteiger partial charge in [0, 0.05) is 5.56 Å². The Morgan fingerprint density at radius 1 is 1.17 bits per heavy atom. The second-order valence-corrected chi connectivity index (χ2v) is 5.77. The highest BCUT2D eigenvalue weighted by Crippen LogP contribution is 2.22. The minimum absolute atomic E-state index is 0.333. The van der Waals surface area contributed by atoms with E-state index in [4.69, 9.17) is 9.47 Å². The molecule has 1 rings (SSSR count). The Bertz CT molecular complexity index is 575. The van der Waals surface area contributed by atoms with Gasteiger partial charge in [-0.05, 0) is 26.2 Å². The second kappa shape index (κ2) is 10.4. The molecule has 1 aromatic rings. The van der Waals surface area contributed by atoms with Gasteiger partial charge < -0.3 is 9.47 Å². The van der Waals surface area contributed by atoms with Crippen molar-refractivity contribution in [2.75, 3.05) is 7.11 Å². The monoisotopic (exact) mass is 330 g/mol. The van der Waals surface area contributed by atoms with Crippen molar-refractivity contribution >= 4 is 11.9 Å². The van der Waals surface area contributed by atoms with Crippen molar-refractivity contribution in [2.24, 2.45) is 5.92 Å². The largest absolute Gasteiger partial charge is 0.466 e. The highest BCUT2D eigenvalue weighted by atomic mass is 16.6. The fourth-order valence-electron chi connectivity index (χ4n) is 2.32. The van der Waals surface area contributed by atoms with Crippen molar-refractivity contribution in [1.29, 1.82) is 0 Å². The van der Waals surface area contributed by atoms with E-state index in [-0.39, 0.29) is 5.92 Å². The molecular formula is C20H26O4. The summed E-state index contributed by atoms with van der Waals surface area (Å²) in [6.07, 6.45) is 5.35. The highest BCUT2D eigenvalue weighted by Gasteiger charge is 2.28. The lowest BCUT2D eigenvalue weighted by Gasteiger charge is -2.19. The number of methoxy groups -OCH3 is 1. The van der Waals surface area contributed by atoms with Gasteiger partial charge in [-0.25, -0.2) is 4.79 Å². The quantitative estimate of drug-likeness (QED) is 0.383. The average Bonchev–Trinajstić information content (AvgIpc) is 2.59. The maximum atomic E-state index is 12.3. The zero-order valence-electron chi connectivity index (χ0n) is 14.7. The first kappa shape index (κ1) is 19.7. The van der Waals surface area contributed by atoms with Crippen LogP contribution in [0.4, 0.5) is 0 Å². The third kappa shape index (κ3) is 6.41. The molecule has 0 heterocycles. The van der Waals surface area contributed by atoms with E-state index in [0.29, 0.717) is 12.0 Å². The van der Waals surface area contributed by atoms with Gasteiger partial charge in [-0.2, -0.15) is 0 Å². The van der Waals surface area contributed by atoms with Gasteiger partial charge in [0.15, 0.2) is 0 Å². The van der Waals surface area contributed by atoms with Gasteiger partial charge in [0.05, 0.1) is 13.0 Å². The van der Waals surface area contributed by atoms with E-state index in [2.05, 4.69) is 12.7 Å². The third-order valence-corrected chi connectivity index (χ3v) is 3.65. The summed E-state index contributed by atoms with van der Waals surface area (Å²) < 4.78 is 10.2. The molecular weight excluding hydrogens is 304 g/mol. The molecule has 0 bridgehead atoms. The van der Waals surface area contributed by atoms with Crippen LogP contribution < -0.4 is 0 Å². The number of hydrogen-bond donors (Lipinski definition) is 0. The molecule has 24 heavy (non-hydrogen) atoms. The Hall–Kier alpha value is -2.36. The Kier molecular flexibility index (Phi) is 8.55. The molecule has 0 saturated carbocycles. The standard InChI is InChI=1S/C20H26O4/c1-5-6-8-11-15(2)14-16(3)19(21)24-18(20(22)23-4)17-12-9-7-10-13-17/h5,7,9-13,16,18H,1,6,8,14H2,2-4H3/b15-11+/t16-,18+/m1/s1. The summed E-state index contributed by atoms with van der Waals surface area (Å²) in [4.78, 5) is 24.3. The van der Waals surface area contributed by atoms with Gasteiger partial charge in [0.1, 0.15) is 0 Å². The molecule has 0 amide bonds. The van der Waals surface area contributed by atoms with Gasteiger partial charge in [-0.15, -0.1) is 6.58 Å². The highest BCUT2D eigenvalue weighted by molar-refractivity contribution is 5.81. The van der Waals surface area contributed by atoms with Gasteiger partial charge in [-0.3, -0.25) is 4.79 Å². The molecule has 0 fully saturated rings. The van der Waals surface area contributed by atoms with Crippen molar-refractivity contribution in [2.45, 2.75) is 39.2 Å². The first-order valence-electron chi connectivity index (χ1n) is 8.09. The van der Waals surface area contributed by atoms with Crippen molar-refractivity contribution in [3.8, 4) is 0 Å². The van der Waals surface area contributed by atoms with E-state index in [1.807, 2.05) is 19.1 Å². The first-order valence-corrected chi connectivity index (χ1v) is 8.09. The van der Waals surface area contributed by atoms with E-state index in [0.717, 1.165) is 18.4 Å². The summed E-state index contributed by atoms with van der Waals surface area (Å²) in [5.74, 6) is -1.33. The topological polar surface area (TPSA) is 52.6 Å². The van der Waals surface area contributed by atoms with E-state index in [1.165, 1.54) is 7.11 Å². The summed E-state index contributed by atoms with van der Waals surface area (Å²) in [5, 5.41) is 0. The minimum Gasteiger partial charge on any atom is -0.466 e. The Morgan fingerprint density at radius 2 is 1.83 bits per heavy atom. The molecule has 0 aromatic heterocycles. The van der Waals surface area contributed by atoms with Gasteiger partial charge in [0.25, 0.3) is 0 Å². The zero-order chi connectivity index (χ0) is 17.9. The first-order chi connectivity index (χ1) is 11.5. The van der Waals surface area contributed by atoms with Crippen LogP contribution in [0.1, 0.15) is 44.8 Å². The summed E-state index contributed by atoms with van der Waals surface area (Å²) in [6.45, 7) is 7.47. The van der Waals surface area contributed by atoms with Gasteiger partial charge in [-0.1, -0.05) is 55.0 Å². The molecule has 2 atom stereocenters. The van der Waals surface area contributed by atoms with E-state index < -0.39 is 18.0 Å². The Labute approximate surface area is 144 Å². The van der Waals surface area contributed by atoms with Crippen LogP contribution in [0.2, 0.25) is 0 Å². The molecule has 1 aromatic carbocycles. The van der Waals surface area contributed by atoms with Crippen LogP contribution in [0.5, 0.6) is 0 Å². The zero-order valence-corrected chi connectivity index (χ0v) is 14.7. The van der Waals surface area contributed by atoms with Crippen molar-refractivity contribution in [1.82, 2.24) is 0 Å². The Morgan fingerprint density at radius 3 is 2.42 bits per heavy atom. The number of allylic oxidation sites excluding steroid dienone is 3. The molecule has 0 radical (unpaired) electrons. The number of benzene rings is 1. The van der Waals surface area contributed by atoms with Crippen LogP contribution in [-0.2, 0) is 19.1 Å². The molecule has 0 aliphatic rings. The summed E-state index contributed by atoms with van der Waals surface area (Å²) >= 11 is 0. The van der Waals surface area contributed by atoms with Gasteiger partial charge in [0.2, 0.25) is 6.10 Å². The number of esters is 2. The normalized spacial score (nSPS) is 13.7. The van der Waals surface area contributed by atoms with Gasteiger partial charge >= 0.3 is 11.9 Å². The van der Waals surface area contributed by atoms with E-state index in [1.54, 1.807) is 31.2 Å². The number of hydrogen-bond acceptors (Lipinski definition) is 4. The molecule has 130 valence electrons. The third-order valence-electron chi connectivity index (χ3n) is 3.65. The summed E-state index contributed by atoms with van der Waals surface area (Å²) in [6, 6.07) is 8.88. The van der Waals surface area contributed by atoms with Crippen LogP contribution in [0.15, 0.2) is 54.6 Å². The lowest BCUT2D eigenvalue weighted by Crippen LogP contribution is -2.24. The number of rotatable bonds is 9. The molecule has 0 spiro atoms. The minimum atomic E-state index is -1.03. The fourth-order valence-corrected chi connectivity index (χ4v) is 2.32. The predicted octanol–water partition coefficient (Wildman–Crippen LogP) is 4.38. The molecule has 4 heteroatoms. The fraction of sp³-hybridized carbons (Fsp3) is 0.400. The Balaban J connectivity index is 2.72. The average molecular weight is 330 g/mol. The smallest absolute Gasteiger partial charge is 0.351 e. The van der Waals surface area contributed by atoms with Crippen LogP contribution in [-0.4, -0.2) is 19.0 Å². The summed E-state index contributed by atoms with van der Waals surface area (Å²) in [5.41, 5.74) is 1.72. The van der Waals surface area contributed by atoms with Crippen LogP contribution in [0.3, 0.4) is 0 Å². The second-order valence-electron chi connectivity index (χ2n) is 5.77. The number of unbranched alkanes of at least 4 members (excludes halogenated alkanes) is 1. The lowest BCUT2D eigenvalue weighted by molar-refractivity contribution is -0.169. The molecule has 0 saturated heterocycles. The maximum Gasteiger partial charge on any atom is 0.351 e. The van der Waals surface area contributed by atoms with E-state index >= 15 is 0 Å².